The second kappa shape index (κ2) is 6.31. The van der Waals surface area contributed by atoms with Gasteiger partial charge in [-0.25, -0.2) is 0 Å². The molecule has 5 nitrogen and oxygen atoms in total. The van der Waals surface area contributed by atoms with Crippen LogP contribution < -0.4 is 14.2 Å². The lowest BCUT2D eigenvalue weighted by Gasteiger charge is -2.18. The number of pyridine rings is 1. The fourth-order valence-electron chi connectivity index (χ4n) is 2.63. The van der Waals surface area contributed by atoms with E-state index in [1.54, 1.807) is 33.1 Å². The number of ether oxygens (including phenoxy) is 3. The second-order valence-corrected chi connectivity index (χ2v) is 6.74. The average molecular weight is 370 g/mol. The second-order valence-electron chi connectivity index (χ2n) is 5.92. The van der Waals surface area contributed by atoms with E-state index in [1.807, 2.05) is 0 Å². The van der Waals surface area contributed by atoms with E-state index in [2.05, 4.69) is 4.98 Å². The predicted molar refractivity (Wildman–Crippen MR) is 91.2 cm³/mol. The topological polar surface area (TPSA) is 60.8 Å². The highest BCUT2D eigenvalue weighted by Gasteiger charge is 2.37. The van der Waals surface area contributed by atoms with Gasteiger partial charge in [0.25, 0.3) is 0 Å². The number of hydrogen-bond acceptors (Lipinski definition) is 5. The van der Waals surface area contributed by atoms with Gasteiger partial charge in [-0.3, -0.25) is 4.98 Å². The number of halogens is 2. The Balaban J connectivity index is 1.97. The molecule has 24 heavy (non-hydrogen) atoms. The third-order valence-electron chi connectivity index (χ3n) is 3.73. The molecule has 0 saturated heterocycles. The van der Waals surface area contributed by atoms with Crippen LogP contribution in [0.15, 0.2) is 24.5 Å². The quantitative estimate of drug-likeness (QED) is 0.875. The maximum atomic E-state index is 10.7. The Hall–Kier alpha value is -1.69. The average Bonchev–Trinajstić information content (AvgIpc) is 2.84. The summed E-state index contributed by atoms with van der Waals surface area (Å²) in [4.78, 5) is 3.92. The van der Waals surface area contributed by atoms with Crippen molar-refractivity contribution in [2.45, 2.75) is 32.2 Å². The Morgan fingerprint density at radius 3 is 2.42 bits per heavy atom. The Morgan fingerprint density at radius 2 is 1.79 bits per heavy atom. The summed E-state index contributed by atoms with van der Waals surface area (Å²) in [6.45, 7) is 3.58. The SMILES string of the molecule is COc1ccc(C(O)Cc2c(Cl)cncc2Cl)c2c1OC(C)(C)O2. The van der Waals surface area contributed by atoms with Crippen LogP contribution in [0, 0.1) is 0 Å². The molecule has 0 fully saturated rings. The molecule has 1 aliphatic rings. The number of aliphatic hydroxyl groups is 1. The molecule has 1 aromatic heterocycles. The predicted octanol–water partition coefficient (Wildman–Crippen LogP) is 4.18. The van der Waals surface area contributed by atoms with Crippen molar-refractivity contribution in [3.63, 3.8) is 0 Å². The van der Waals surface area contributed by atoms with Crippen LogP contribution in [0.1, 0.15) is 31.1 Å². The largest absolute Gasteiger partial charge is 0.493 e. The Kier molecular flexibility index (Phi) is 4.51. The van der Waals surface area contributed by atoms with Crippen molar-refractivity contribution in [2.24, 2.45) is 0 Å². The highest BCUT2D eigenvalue weighted by atomic mass is 35.5. The standard InChI is InChI=1S/C17H17Cl2NO4/c1-17(2)23-15-9(4-5-14(22-3)16(15)24-17)13(21)6-10-11(18)7-20-8-12(10)19/h4-5,7-8,13,21H,6H2,1-3H3. The van der Waals surface area contributed by atoms with Crippen molar-refractivity contribution >= 4 is 23.2 Å². The van der Waals surface area contributed by atoms with E-state index in [4.69, 9.17) is 37.4 Å². The molecule has 0 saturated carbocycles. The number of benzene rings is 1. The van der Waals surface area contributed by atoms with E-state index in [1.165, 1.54) is 12.4 Å². The van der Waals surface area contributed by atoms with E-state index in [0.717, 1.165) is 0 Å². The third kappa shape index (κ3) is 3.11. The summed E-state index contributed by atoms with van der Waals surface area (Å²) in [6.07, 6.45) is 2.34. The lowest BCUT2D eigenvalue weighted by Crippen LogP contribution is -2.30. The molecule has 3 rings (SSSR count). The monoisotopic (exact) mass is 369 g/mol. The molecular weight excluding hydrogens is 353 g/mol. The van der Waals surface area contributed by atoms with Crippen LogP contribution in [-0.2, 0) is 6.42 Å². The molecule has 1 unspecified atom stereocenters. The van der Waals surface area contributed by atoms with Crippen LogP contribution >= 0.6 is 23.2 Å². The van der Waals surface area contributed by atoms with Gasteiger partial charge >= 0.3 is 0 Å². The van der Waals surface area contributed by atoms with Crippen molar-refractivity contribution in [1.29, 1.82) is 0 Å². The molecule has 7 heteroatoms. The van der Waals surface area contributed by atoms with Crippen molar-refractivity contribution in [2.75, 3.05) is 7.11 Å². The first-order chi connectivity index (χ1) is 11.3. The minimum Gasteiger partial charge on any atom is -0.493 e. The van der Waals surface area contributed by atoms with E-state index >= 15 is 0 Å². The molecule has 0 aliphatic carbocycles. The maximum Gasteiger partial charge on any atom is 0.246 e. The van der Waals surface area contributed by atoms with Gasteiger partial charge in [0, 0.05) is 38.2 Å². The van der Waals surface area contributed by atoms with Crippen LogP contribution in [0.2, 0.25) is 10.0 Å². The molecule has 2 aromatic rings. The van der Waals surface area contributed by atoms with E-state index in [-0.39, 0.29) is 6.42 Å². The molecule has 1 N–H and O–H groups in total. The van der Waals surface area contributed by atoms with Crippen molar-refractivity contribution < 1.29 is 19.3 Å². The van der Waals surface area contributed by atoms with Gasteiger partial charge in [-0.05, 0) is 17.7 Å². The molecular formula is C17H17Cl2NO4. The number of aliphatic hydroxyl groups excluding tert-OH is 1. The van der Waals surface area contributed by atoms with Crippen molar-refractivity contribution in [3.8, 4) is 17.2 Å². The van der Waals surface area contributed by atoms with Gasteiger partial charge in [0.2, 0.25) is 11.5 Å². The Morgan fingerprint density at radius 1 is 1.17 bits per heavy atom. The molecule has 0 spiro atoms. The first kappa shape index (κ1) is 17.1. The Bertz CT molecular complexity index is 759. The molecule has 0 bridgehead atoms. The highest BCUT2D eigenvalue weighted by molar-refractivity contribution is 6.35. The fraction of sp³-hybridized carbons (Fsp3) is 0.353. The van der Waals surface area contributed by atoms with Gasteiger partial charge < -0.3 is 19.3 Å². The van der Waals surface area contributed by atoms with Crippen LogP contribution in [0.5, 0.6) is 17.2 Å². The zero-order chi connectivity index (χ0) is 17.5. The molecule has 1 atom stereocenters. The molecule has 1 aliphatic heterocycles. The summed E-state index contributed by atoms with van der Waals surface area (Å²) in [7, 11) is 1.55. The minimum absolute atomic E-state index is 0.225. The normalized spacial score (nSPS) is 16.1. The smallest absolute Gasteiger partial charge is 0.246 e. The lowest BCUT2D eigenvalue weighted by atomic mass is 10.0. The number of aromatic nitrogens is 1. The molecule has 0 amide bonds. The summed E-state index contributed by atoms with van der Waals surface area (Å²) in [5.41, 5.74) is 1.21. The lowest BCUT2D eigenvalue weighted by molar-refractivity contribution is -0.0449. The first-order valence-corrected chi connectivity index (χ1v) is 8.13. The first-order valence-electron chi connectivity index (χ1n) is 7.37. The summed E-state index contributed by atoms with van der Waals surface area (Å²) >= 11 is 12.3. The van der Waals surface area contributed by atoms with Gasteiger partial charge in [-0.2, -0.15) is 0 Å². The van der Waals surface area contributed by atoms with Crippen molar-refractivity contribution in [3.05, 3.63) is 45.7 Å². The molecule has 2 heterocycles. The van der Waals surface area contributed by atoms with Crippen LogP contribution in [0.4, 0.5) is 0 Å². The van der Waals surface area contributed by atoms with Gasteiger partial charge in [0.1, 0.15) is 0 Å². The fourth-order valence-corrected chi connectivity index (χ4v) is 3.15. The maximum absolute atomic E-state index is 10.7. The minimum atomic E-state index is -0.875. The number of hydrogen-bond donors (Lipinski definition) is 1. The van der Waals surface area contributed by atoms with Gasteiger partial charge in [-0.15, -0.1) is 0 Å². The summed E-state index contributed by atoms with van der Waals surface area (Å²) < 4.78 is 16.9. The zero-order valence-electron chi connectivity index (χ0n) is 13.5. The highest BCUT2D eigenvalue weighted by Crippen LogP contribution is 2.50. The zero-order valence-corrected chi connectivity index (χ0v) is 15.0. The van der Waals surface area contributed by atoms with E-state index in [0.29, 0.717) is 38.4 Å². The molecule has 128 valence electrons. The van der Waals surface area contributed by atoms with Gasteiger partial charge in [0.05, 0.1) is 23.3 Å². The molecule has 0 radical (unpaired) electrons. The Labute approximate surface area is 150 Å². The number of nitrogens with zero attached hydrogens (tertiary/aromatic N) is 1. The number of rotatable bonds is 4. The van der Waals surface area contributed by atoms with Gasteiger partial charge in [-0.1, -0.05) is 23.2 Å². The van der Waals surface area contributed by atoms with Crippen LogP contribution in [-0.4, -0.2) is 23.0 Å². The van der Waals surface area contributed by atoms with E-state index in [9.17, 15) is 5.11 Å². The third-order valence-corrected chi connectivity index (χ3v) is 4.38. The summed E-state index contributed by atoms with van der Waals surface area (Å²) in [6, 6.07) is 3.48. The van der Waals surface area contributed by atoms with Crippen molar-refractivity contribution in [1.82, 2.24) is 4.98 Å². The van der Waals surface area contributed by atoms with Crippen LogP contribution in [0.3, 0.4) is 0 Å². The molecule has 1 aromatic carbocycles. The van der Waals surface area contributed by atoms with E-state index < -0.39 is 11.9 Å². The number of methoxy groups -OCH3 is 1. The van der Waals surface area contributed by atoms with Gasteiger partial charge in [0.15, 0.2) is 11.5 Å². The summed E-state index contributed by atoms with van der Waals surface area (Å²) in [5.74, 6) is 0.655. The number of fused-ring (bicyclic) bond motifs is 1. The van der Waals surface area contributed by atoms with Crippen LogP contribution in [0.25, 0.3) is 0 Å². The summed E-state index contributed by atoms with van der Waals surface area (Å²) in [5, 5.41) is 11.5.